The largest absolute Gasteiger partial charge is 0.466 e. The van der Waals surface area contributed by atoms with Gasteiger partial charge in [-0.3, -0.25) is 4.79 Å². The molecule has 0 fully saturated rings. The first kappa shape index (κ1) is 13.1. The molecule has 0 aliphatic carbocycles. The van der Waals surface area contributed by atoms with E-state index in [1.807, 2.05) is 26.8 Å². The second kappa shape index (κ2) is 5.09. The van der Waals surface area contributed by atoms with Gasteiger partial charge >= 0.3 is 0 Å². The molecule has 2 heterocycles. The number of aryl methyl sites for hydroxylation is 2. The third-order valence-electron chi connectivity index (χ3n) is 2.88. The van der Waals surface area contributed by atoms with E-state index in [9.17, 15) is 4.79 Å². The number of hydrogen-bond donors (Lipinski definition) is 2. The smallest absolute Gasteiger partial charge is 0.257 e. The van der Waals surface area contributed by atoms with Crippen LogP contribution in [0.3, 0.4) is 0 Å². The predicted molar refractivity (Wildman–Crippen MR) is 70.5 cm³/mol. The summed E-state index contributed by atoms with van der Waals surface area (Å²) in [5.41, 5.74) is 6.86. The molecule has 6 nitrogen and oxygen atoms in total. The average Bonchev–Trinajstić information content (AvgIpc) is 2.69. The third-order valence-corrected chi connectivity index (χ3v) is 2.88. The fourth-order valence-electron chi connectivity index (χ4n) is 1.95. The van der Waals surface area contributed by atoms with Gasteiger partial charge in [-0.1, -0.05) is 0 Å². The minimum absolute atomic E-state index is 0.166. The van der Waals surface area contributed by atoms with Crippen molar-refractivity contribution in [3.63, 3.8) is 0 Å². The lowest BCUT2D eigenvalue weighted by Gasteiger charge is -2.13. The van der Waals surface area contributed by atoms with Crippen LogP contribution in [-0.2, 0) is 0 Å². The monoisotopic (exact) mass is 260 g/mol. The van der Waals surface area contributed by atoms with Crippen LogP contribution in [0.15, 0.2) is 23.0 Å². The Morgan fingerprint density at radius 1 is 1.47 bits per heavy atom. The van der Waals surface area contributed by atoms with Crippen molar-refractivity contribution >= 4 is 11.7 Å². The molecule has 0 aliphatic rings. The van der Waals surface area contributed by atoms with Crippen molar-refractivity contribution in [3.8, 4) is 0 Å². The summed E-state index contributed by atoms with van der Waals surface area (Å²) in [7, 11) is 0. The molecule has 0 radical (unpaired) electrons. The molecule has 0 bridgehead atoms. The number of nitrogen functional groups attached to an aromatic ring is 1. The number of anilines is 1. The van der Waals surface area contributed by atoms with Gasteiger partial charge < -0.3 is 15.5 Å². The van der Waals surface area contributed by atoms with E-state index in [-0.39, 0.29) is 23.3 Å². The molecular weight excluding hydrogens is 244 g/mol. The van der Waals surface area contributed by atoms with Crippen LogP contribution in [0.5, 0.6) is 0 Å². The molecule has 1 unspecified atom stereocenters. The number of carbonyl (C=O) groups excluding carboxylic acids is 1. The number of nitrogens with two attached hydrogens (primary N) is 1. The molecule has 100 valence electrons. The summed E-state index contributed by atoms with van der Waals surface area (Å²) >= 11 is 0. The Kier molecular flexibility index (Phi) is 3.50. The summed E-state index contributed by atoms with van der Waals surface area (Å²) in [5.74, 6) is 1.47. The first-order chi connectivity index (χ1) is 8.99. The van der Waals surface area contributed by atoms with Crippen LogP contribution in [0.2, 0.25) is 0 Å². The Morgan fingerprint density at radius 2 is 2.21 bits per heavy atom. The number of furan rings is 1. The van der Waals surface area contributed by atoms with Crippen LogP contribution in [0.1, 0.15) is 40.4 Å². The number of hydrogen-bond acceptors (Lipinski definition) is 5. The molecule has 2 aromatic rings. The van der Waals surface area contributed by atoms with E-state index >= 15 is 0 Å². The van der Waals surface area contributed by atoms with Gasteiger partial charge in [0.1, 0.15) is 23.7 Å². The van der Waals surface area contributed by atoms with E-state index in [1.54, 1.807) is 0 Å². The maximum atomic E-state index is 12.1. The highest BCUT2D eigenvalue weighted by Gasteiger charge is 2.17. The van der Waals surface area contributed by atoms with Crippen molar-refractivity contribution in [2.24, 2.45) is 0 Å². The Morgan fingerprint density at radius 3 is 2.79 bits per heavy atom. The molecule has 0 aromatic carbocycles. The SMILES string of the molecule is Cc1cc(C(C)NC(=O)c2cncnc2N)c(C)o1. The lowest BCUT2D eigenvalue weighted by atomic mass is 10.1. The second-order valence-electron chi connectivity index (χ2n) is 4.39. The van der Waals surface area contributed by atoms with Gasteiger partial charge in [-0.25, -0.2) is 9.97 Å². The maximum absolute atomic E-state index is 12.1. The molecule has 2 rings (SSSR count). The van der Waals surface area contributed by atoms with Crippen LogP contribution < -0.4 is 11.1 Å². The third kappa shape index (κ3) is 2.73. The molecule has 0 saturated heterocycles. The first-order valence-electron chi connectivity index (χ1n) is 5.92. The minimum Gasteiger partial charge on any atom is -0.466 e. The molecular formula is C13H16N4O2. The molecule has 0 aliphatic heterocycles. The number of rotatable bonds is 3. The highest BCUT2D eigenvalue weighted by atomic mass is 16.3. The Labute approximate surface area is 111 Å². The number of nitrogens with one attached hydrogen (secondary N) is 1. The molecule has 3 N–H and O–H groups in total. The van der Waals surface area contributed by atoms with Crippen LogP contribution in [0.4, 0.5) is 5.82 Å². The Bertz CT molecular complexity index is 606. The zero-order valence-electron chi connectivity index (χ0n) is 11.1. The van der Waals surface area contributed by atoms with Gasteiger partial charge in [0.15, 0.2) is 0 Å². The minimum atomic E-state index is -0.302. The standard InChI is InChI=1S/C13H16N4O2/c1-7-4-10(9(3)19-7)8(2)17-13(18)11-5-15-6-16-12(11)14/h4-6,8H,1-3H3,(H,17,18)(H2,14,15,16). The average molecular weight is 260 g/mol. The molecule has 2 aromatic heterocycles. The van der Waals surface area contributed by atoms with Gasteiger partial charge in [0.2, 0.25) is 0 Å². The zero-order valence-corrected chi connectivity index (χ0v) is 11.1. The molecule has 1 atom stereocenters. The molecule has 0 saturated carbocycles. The molecule has 0 spiro atoms. The van der Waals surface area contributed by atoms with Crippen LogP contribution >= 0.6 is 0 Å². The predicted octanol–water partition coefficient (Wildman–Crippen LogP) is 1.76. The molecule has 19 heavy (non-hydrogen) atoms. The summed E-state index contributed by atoms with van der Waals surface area (Å²) in [6.45, 7) is 5.62. The summed E-state index contributed by atoms with van der Waals surface area (Å²) in [6, 6.07) is 1.73. The fraction of sp³-hybridized carbons (Fsp3) is 0.308. The van der Waals surface area contributed by atoms with Gasteiger partial charge in [-0.15, -0.1) is 0 Å². The topological polar surface area (TPSA) is 94.0 Å². The lowest BCUT2D eigenvalue weighted by Crippen LogP contribution is -2.27. The Balaban J connectivity index is 2.15. The van der Waals surface area contributed by atoms with E-state index in [0.29, 0.717) is 0 Å². The zero-order chi connectivity index (χ0) is 14.0. The highest BCUT2D eigenvalue weighted by Crippen LogP contribution is 2.21. The van der Waals surface area contributed by atoms with Crippen molar-refractivity contribution in [1.82, 2.24) is 15.3 Å². The van der Waals surface area contributed by atoms with Crippen molar-refractivity contribution in [2.75, 3.05) is 5.73 Å². The van der Waals surface area contributed by atoms with E-state index in [0.717, 1.165) is 17.1 Å². The number of amides is 1. The normalized spacial score (nSPS) is 12.2. The van der Waals surface area contributed by atoms with Crippen molar-refractivity contribution < 1.29 is 9.21 Å². The van der Waals surface area contributed by atoms with Crippen LogP contribution in [-0.4, -0.2) is 15.9 Å². The van der Waals surface area contributed by atoms with E-state index in [1.165, 1.54) is 12.5 Å². The number of nitrogens with zero attached hydrogens (tertiary/aromatic N) is 2. The van der Waals surface area contributed by atoms with Crippen LogP contribution in [0.25, 0.3) is 0 Å². The van der Waals surface area contributed by atoms with Gasteiger partial charge in [-0.05, 0) is 26.8 Å². The molecule has 1 amide bonds. The van der Waals surface area contributed by atoms with Gasteiger partial charge in [0.25, 0.3) is 5.91 Å². The maximum Gasteiger partial charge on any atom is 0.257 e. The summed E-state index contributed by atoms with van der Waals surface area (Å²) in [4.78, 5) is 19.7. The number of aromatic nitrogens is 2. The van der Waals surface area contributed by atoms with E-state index in [4.69, 9.17) is 10.2 Å². The Hall–Kier alpha value is -2.37. The highest BCUT2D eigenvalue weighted by molar-refractivity contribution is 5.98. The number of carbonyl (C=O) groups is 1. The van der Waals surface area contributed by atoms with Gasteiger partial charge in [0.05, 0.1) is 11.6 Å². The van der Waals surface area contributed by atoms with Crippen molar-refractivity contribution in [1.29, 1.82) is 0 Å². The van der Waals surface area contributed by atoms with Crippen LogP contribution in [0, 0.1) is 13.8 Å². The summed E-state index contributed by atoms with van der Waals surface area (Å²) in [6.07, 6.45) is 2.71. The lowest BCUT2D eigenvalue weighted by molar-refractivity contribution is 0.0940. The van der Waals surface area contributed by atoms with Gasteiger partial charge in [-0.2, -0.15) is 0 Å². The first-order valence-corrected chi connectivity index (χ1v) is 5.92. The molecule has 6 heteroatoms. The second-order valence-corrected chi connectivity index (χ2v) is 4.39. The summed E-state index contributed by atoms with van der Waals surface area (Å²) in [5, 5.41) is 2.85. The van der Waals surface area contributed by atoms with E-state index < -0.39 is 0 Å². The fourth-order valence-corrected chi connectivity index (χ4v) is 1.95. The van der Waals surface area contributed by atoms with Gasteiger partial charge in [0, 0.05) is 11.8 Å². The quantitative estimate of drug-likeness (QED) is 0.876. The van der Waals surface area contributed by atoms with Crippen molar-refractivity contribution in [3.05, 3.63) is 41.2 Å². The van der Waals surface area contributed by atoms with E-state index in [2.05, 4.69) is 15.3 Å². The van der Waals surface area contributed by atoms with Crippen molar-refractivity contribution in [2.45, 2.75) is 26.8 Å². The summed E-state index contributed by atoms with van der Waals surface area (Å²) < 4.78 is 5.45.